The molecule has 0 atom stereocenters. The van der Waals surface area contributed by atoms with Crippen LogP contribution < -0.4 is 10.0 Å². The minimum atomic E-state index is -3.62. The van der Waals surface area contributed by atoms with E-state index in [-0.39, 0.29) is 4.90 Å². The van der Waals surface area contributed by atoms with Gasteiger partial charge in [0.25, 0.3) is 10.0 Å². The summed E-state index contributed by atoms with van der Waals surface area (Å²) in [5.41, 5.74) is 4.78. The first kappa shape index (κ1) is 17.9. The average Bonchev–Trinajstić information content (AvgIpc) is 2.60. The fourth-order valence-electron chi connectivity index (χ4n) is 2.43. The highest BCUT2D eigenvalue weighted by Crippen LogP contribution is 2.21. The number of aryl methyl sites for hydroxylation is 3. The van der Waals surface area contributed by atoms with Crippen molar-refractivity contribution in [1.29, 1.82) is 0 Å². The van der Waals surface area contributed by atoms with Gasteiger partial charge >= 0.3 is 0 Å². The monoisotopic (exact) mass is 367 g/mol. The number of pyridine rings is 1. The third-order valence-corrected chi connectivity index (χ3v) is 5.52. The van der Waals surface area contributed by atoms with E-state index >= 15 is 0 Å². The lowest BCUT2D eigenvalue weighted by molar-refractivity contribution is 0.601. The molecule has 0 spiro atoms. The van der Waals surface area contributed by atoms with Gasteiger partial charge in [-0.1, -0.05) is 23.8 Å². The predicted molar refractivity (Wildman–Crippen MR) is 105 cm³/mol. The molecule has 1 heterocycles. The Morgan fingerprint density at radius 1 is 0.808 bits per heavy atom. The van der Waals surface area contributed by atoms with E-state index in [9.17, 15) is 8.42 Å². The first-order chi connectivity index (χ1) is 12.3. The Morgan fingerprint density at radius 2 is 1.50 bits per heavy atom. The molecule has 0 bridgehead atoms. The van der Waals surface area contributed by atoms with Gasteiger partial charge in [-0.05, 0) is 68.3 Å². The highest BCUT2D eigenvalue weighted by Gasteiger charge is 2.14. The number of nitrogens with one attached hydrogen (secondary N) is 2. The van der Waals surface area contributed by atoms with Crippen molar-refractivity contribution in [2.75, 3.05) is 10.0 Å². The molecule has 0 amide bonds. The van der Waals surface area contributed by atoms with Crippen LogP contribution in [-0.4, -0.2) is 13.4 Å². The van der Waals surface area contributed by atoms with Crippen molar-refractivity contribution in [3.63, 3.8) is 0 Å². The molecule has 0 saturated carbocycles. The molecule has 3 rings (SSSR count). The summed E-state index contributed by atoms with van der Waals surface area (Å²) in [4.78, 5) is 4.50. The molecule has 134 valence electrons. The molecule has 0 fully saturated rings. The number of aromatic nitrogens is 1. The number of nitrogens with zero attached hydrogens (tertiary/aromatic N) is 1. The summed E-state index contributed by atoms with van der Waals surface area (Å²) < 4.78 is 27.4. The van der Waals surface area contributed by atoms with Crippen LogP contribution in [0.3, 0.4) is 0 Å². The molecular formula is C20H21N3O2S. The largest absolute Gasteiger partial charge is 0.340 e. The van der Waals surface area contributed by atoms with Crippen LogP contribution in [-0.2, 0) is 10.0 Å². The molecule has 0 aliphatic rings. The van der Waals surface area contributed by atoms with Crippen LogP contribution in [0.5, 0.6) is 0 Å². The van der Waals surface area contributed by atoms with Gasteiger partial charge in [0.1, 0.15) is 5.82 Å². The number of anilines is 3. The minimum Gasteiger partial charge on any atom is -0.340 e. The van der Waals surface area contributed by atoms with E-state index < -0.39 is 10.0 Å². The lowest BCUT2D eigenvalue weighted by atomic mass is 10.1. The Morgan fingerprint density at radius 3 is 2.12 bits per heavy atom. The summed E-state index contributed by atoms with van der Waals surface area (Å²) in [5.74, 6) is 0.645. The summed E-state index contributed by atoms with van der Waals surface area (Å²) in [6, 6.07) is 16.2. The van der Waals surface area contributed by atoms with Gasteiger partial charge in [0.15, 0.2) is 0 Å². The van der Waals surface area contributed by atoms with Gasteiger partial charge < -0.3 is 5.32 Å². The maximum atomic E-state index is 12.4. The van der Waals surface area contributed by atoms with Crippen LogP contribution in [0.2, 0.25) is 0 Å². The molecule has 1 aromatic heterocycles. The van der Waals surface area contributed by atoms with Crippen LogP contribution in [0.4, 0.5) is 17.2 Å². The second kappa shape index (κ2) is 7.17. The van der Waals surface area contributed by atoms with Crippen LogP contribution in [0.1, 0.15) is 16.7 Å². The van der Waals surface area contributed by atoms with Crippen molar-refractivity contribution in [1.82, 2.24) is 4.98 Å². The standard InChI is InChI=1S/C20H21N3O2S/c1-14-4-9-19(10-5-14)26(24,25)23-18-8-11-20(21-13-18)22-17-7-6-15(2)16(3)12-17/h4-13,23H,1-3H3,(H,21,22). The second-order valence-corrected chi connectivity index (χ2v) is 7.96. The van der Waals surface area contributed by atoms with Gasteiger partial charge in [-0.15, -0.1) is 0 Å². The van der Waals surface area contributed by atoms with E-state index in [1.807, 2.05) is 25.1 Å². The highest BCUT2D eigenvalue weighted by atomic mass is 32.2. The fraction of sp³-hybridized carbons (Fsp3) is 0.150. The van der Waals surface area contributed by atoms with Crippen molar-refractivity contribution >= 4 is 27.2 Å². The van der Waals surface area contributed by atoms with Crippen LogP contribution in [0.25, 0.3) is 0 Å². The minimum absolute atomic E-state index is 0.223. The van der Waals surface area contributed by atoms with Crippen LogP contribution in [0.15, 0.2) is 65.7 Å². The number of hydrogen-bond acceptors (Lipinski definition) is 4. The van der Waals surface area contributed by atoms with Gasteiger partial charge in [0, 0.05) is 5.69 Å². The molecule has 2 N–H and O–H groups in total. The third kappa shape index (κ3) is 4.21. The summed E-state index contributed by atoms with van der Waals surface area (Å²) in [6.45, 7) is 6.03. The molecule has 0 aliphatic carbocycles. The zero-order valence-corrected chi connectivity index (χ0v) is 15.8. The molecule has 0 aliphatic heterocycles. The summed E-state index contributed by atoms with van der Waals surface area (Å²) >= 11 is 0. The average molecular weight is 367 g/mol. The predicted octanol–water partition coefficient (Wildman–Crippen LogP) is 4.55. The summed E-state index contributed by atoms with van der Waals surface area (Å²) in [7, 11) is -3.62. The lowest BCUT2D eigenvalue weighted by Crippen LogP contribution is -2.13. The quantitative estimate of drug-likeness (QED) is 0.694. The number of benzene rings is 2. The van der Waals surface area contributed by atoms with Crippen LogP contribution >= 0.6 is 0 Å². The number of rotatable bonds is 5. The maximum Gasteiger partial charge on any atom is 0.261 e. The molecule has 0 saturated heterocycles. The first-order valence-electron chi connectivity index (χ1n) is 8.23. The topological polar surface area (TPSA) is 71.1 Å². The number of hydrogen-bond donors (Lipinski definition) is 2. The van der Waals surface area contributed by atoms with Crippen molar-refractivity contribution in [2.45, 2.75) is 25.7 Å². The molecule has 26 heavy (non-hydrogen) atoms. The van der Waals surface area contributed by atoms with E-state index in [0.717, 1.165) is 11.3 Å². The van der Waals surface area contributed by atoms with Crippen molar-refractivity contribution < 1.29 is 8.42 Å². The molecule has 0 unspecified atom stereocenters. The van der Waals surface area contributed by atoms with Gasteiger partial charge in [-0.3, -0.25) is 4.72 Å². The Bertz CT molecular complexity index is 1010. The van der Waals surface area contributed by atoms with Crippen molar-refractivity contribution in [3.8, 4) is 0 Å². The van der Waals surface area contributed by atoms with Gasteiger partial charge in [-0.2, -0.15) is 0 Å². The molecule has 6 heteroatoms. The zero-order chi connectivity index (χ0) is 18.7. The fourth-order valence-corrected chi connectivity index (χ4v) is 3.47. The van der Waals surface area contributed by atoms with Crippen molar-refractivity contribution in [3.05, 3.63) is 77.5 Å². The Labute approximate surface area is 154 Å². The van der Waals surface area contributed by atoms with Gasteiger partial charge in [-0.25, -0.2) is 13.4 Å². The second-order valence-electron chi connectivity index (χ2n) is 6.27. The maximum absolute atomic E-state index is 12.4. The van der Waals surface area contributed by atoms with Gasteiger partial charge in [0.2, 0.25) is 0 Å². The zero-order valence-electron chi connectivity index (χ0n) is 14.9. The molecule has 0 radical (unpaired) electrons. The molecule has 3 aromatic rings. The first-order valence-corrected chi connectivity index (χ1v) is 9.72. The van der Waals surface area contributed by atoms with Crippen LogP contribution in [0, 0.1) is 20.8 Å². The Kier molecular flexibility index (Phi) is 4.95. The normalized spacial score (nSPS) is 11.2. The highest BCUT2D eigenvalue weighted by molar-refractivity contribution is 7.92. The van der Waals surface area contributed by atoms with Gasteiger partial charge in [0.05, 0.1) is 16.8 Å². The Balaban J connectivity index is 1.73. The lowest BCUT2D eigenvalue weighted by Gasteiger charge is -2.10. The summed E-state index contributed by atoms with van der Waals surface area (Å²) in [6.07, 6.45) is 1.50. The van der Waals surface area contributed by atoms with E-state index in [4.69, 9.17) is 0 Å². The smallest absolute Gasteiger partial charge is 0.261 e. The summed E-state index contributed by atoms with van der Waals surface area (Å²) in [5, 5.41) is 3.21. The molecular weight excluding hydrogens is 346 g/mol. The number of sulfonamides is 1. The molecule has 5 nitrogen and oxygen atoms in total. The van der Waals surface area contributed by atoms with Crippen molar-refractivity contribution in [2.24, 2.45) is 0 Å². The Hall–Kier alpha value is -2.86. The SMILES string of the molecule is Cc1ccc(S(=O)(=O)Nc2ccc(Nc3ccc(C)c(C)c3)nc2)cc1. The third-order valence-electron chi connectivity index (χ3n) is 4.13. The van der Waals surface area contributed by atoms with E-state index in [1.54, 1.807) is 36.4 Å². The van der Waals surface area contributed by atoms with E-state index in [0.29, 0.717) is 11.5 Å². The van der Waals surface area contributed by atoms with E-state index in [1.165, 1.54) is 17.3 Å². The van der Waals surface area contributed by atoms with E-state index in [2.05, 4.69) is 28.9 Å². The molecule has 2 aromatic carbocycles.